The standard InChI is InChI=1S/C21H23N3O2/c25-21(18-11-10-16-7-2-3-8-17(16)23-18)22-15-19(20-9-6-14-26-20)24-12-4-1-5-13-24/h2-3,6-11,14,19H,1,4-5,12-13,15H2,(H,22,25)/t19-/m1/s1. The Bertz CT molecular complexity index is 870. The van der Waals surface area contributed by atoms with Crippen LogP contribution < -0.4 is 5.32 Å². The summed E-state index contributed by atoms with van der Waals surface area (Å²) in [5.74, 6) is 0.753. The average molecular weight is 349 g/mol. The van der Waals surface area contributed by atoms with Crippen molar-refractivity contribution in [3.63, 3.8) is 0 Å². The van der Waals surface area contributed by atoms with Gasteiger partial charge in [0.15, 0.2) is 0 Å². The summed E-state index contributed by atoms with van der Waals surface area (Å²) in [6.07, 6.45) is 5.35. The predicted octanol–water partition coefficient (Wildman–Crippen LogP) is 3.78. The van der Waals surface area contributed by atoms with Gasteiger partial charge in [-0.1, -0.05) is 30.7 Å². The average Bonchev–Trinajstić information content (AvgIpc) is 3.23. The summed E-state index contributed by atoms with van der Waals surface area (Å²) >= 11 is 0. The first-order valence-electron chi connectivity index (χ1n) is 9.23. The monoisotopic (exact) mass is 349 g/mol. The molecule has 4 rings (SSSR count). The molecule has 1 saturated heterocycles. The Morgan fingerprint density at radius 3 is 2.73 bits per heavy atom. The number of rotatable bonds is 5. The van der Waals surface area contributed by atoms with Crippen molar-refractivity contribution >= 4 is 16.8 Å². The third kappa shape index (κ3) is 3.63. The molecule has 0 bridgehead atoms. The molecule has 5 heteroatoms. The lowest BCUT2D eigenvalue weighted by atomic mass is 10.1. The predicted molar refractivity (Wildman–Crippen MR) is 101 cm³/mol. The molecule has 5 nitrogen and oxygen atoms in total. The van der Waals surface area contributed by atoms with Gasteiger partial charge < -0.3 is 9.73 Å². The third-order valence-corrected chi connectivity index (χ3v) is 4.99. The number of furan rings is 1. The van der Waals surface area contributed by atoms with Crippen LogP contribution in [0.2, 0.25) is 0 Å². The van der Waals surface area contributed by atoms with Crippen molar-refractivity contribution in [2.75, 3.05) is 19.6 Å². The van der Waals surface area contributed by atoms with Crippen LogP contribution in [0.15, 0.2) is 59.2 Å². The maximum absolute atomic E-state index is 12.6. The molecule has 1 aliphatic heterocycles. The minimum absolute atomic E-state index is 0.0645. The zero-order chi connectivity index (χ0) is 17.8. The van der Waals surface area contributed by atoms with E-state index in [2.05, 4.69) is 15.2 Å². The van der Waals surface area contributed by atoms with Gasteiger partial charge in [-0.2, -0.15) is 0 Å². The van der Waals surface area contributed by atoms with Crippen LogP contribution in [0.3, 0.4) is 0 Å². The van der Waals surface area contributed by atoms with Gasteiger partial charge in [0.25, 0.3) is 5.91 Å². The number of nitrogens with one attached hydrogen (secondary N) is 1. The molecular weight excluding hydrogens is 326 g/mol. The highest BCUT2D eigenvalue weighted by molar-refractivity contribution is 5.94. The molecule has 3 heterocycles. The smallest absolute Gasteiger partial charge is 0.269 e. The van der Waals surface area contributed by atoms with Crippen molar-refractivity contribution in [2.45, 2.75) is 25.3 Å². The van der Waals surface area contributed by atoms with Crippen molar-refractivity contribution < 1.29 is 9.21 Å². The minimum atomic E-state index is -0.149. The number of benzene rings is 1. The third-order valence-electron chi connectivity index (χ3n) is 4.99. The summed E-state index contributed by atoms with van der Waals surface area (Å²) in [5, 5.41) is 4.08. The SMILES string of the molecule is O=C(NC[C@H](c1ccco1)N1CCCCC1)c1ccc2ccccc2n1. The molecule has 2 aromatic heterocycles. The van der Waals surface area contributed by atoms with E-state index in [1.165, 1.54) is 19.3 Å². The Morgan fingerprint density at radius 2 is 1.92 bits per heavy atom. The Hall–Kier alpha value is -2.66. The summed E-state index contributed by atoms with van der Waals surface area (Å²) in [4.78, 5) is 19.5. The van der Waals surface area contributed by atoms with Crippen molar-refractivity contribution in [3.8, 4) is 0 Å². The number of nitrogens with zero attached hydrogens (tertiary/aromatic N) is 2. The van der Waals surface area contributed by atoms with Gasteiger partial charge in [0.2, 0.25) is 0 Å². The van der Waals surface area contributed by atoms with Gasteiger partial charge >= 0.3 is 0 Å². The molecule has 1 amide bonds. The molecule has 1 fully saturated rings. The van der Waals surface area contributed by atoms with E-state index >= 15 is 0 Å². The fraction of sp³-hybridized carbons (Fsp3) is 0.333. The second-order valence-electron chi connectivity index (χ2n) is 6.73. The highest BCUT2D eigenvalue weighted by Crippen LogP contribution is 2.24. The fourth-order valence-corrected chi connectivity index (χ4v) is 3.59. The number of aromatic nitrogens is 1. The van der Waals surface area contributed by atoms with E-state index in [-0.39, 0.29) is 11.9 Å². The van der Waals surface area contributed by atoms with E-state index < -0.39 is 0 Å². The summed E-state index contributed by atoms with van der Waals surface area (Å²) in [5.41, 5.74) is 1.28. The second kappa shape index (κ2) is 7.70. The summed E-state index contributed by atoms with van der Waals surface area (Å²) in [7, 11) is 0. The van der Waals surface area contributed by atoms with E-state index in [0.717, 1.165) is 29.8 Å². The molecular formula is C21H23N3O2. The van der Waals surface area contributed by atoms with Gasteiger partial charge in [-0.05, 0) is 50.2 Å². The Balaban J connectivity index is 1.48. The number of hydrogen-bond donors (Lipinski definition) is 1. The molecule has 1 aromatic carbocycles. The number of piperidine rings is 1. The van der Waals surface area contributed by atoms with E-state index in [4.69, 9.17) is 4.42 Å². The number of amides is 1. The van der Waals surface area contributed by atoms with Crippen molar-refractivity contribution in [3.05, 3.63) is 66.2 Å². The zero-order valence-electron chi connectivity index (χ0n) is 14.7. The number of para-hydroxylation sites is 1. The Labute approximate surface area is 153 Å². The molecule has 0 radical (unpaired) electrons. The lowest BCUT2D eigenvalue weighted by Crippen LogP contribution is -2.40. The summed E-state index contributed by atoms with van der Waals surface area (Å²) in [6, 6.07) is 15.5. The van der Waals surface area contributed by atoms with Gasteiger partial charge in [0.1, 0.15) is 11.5 Å². The molecule has 134 valence electrons. The van der Waals surface area contributed by atoms with Gasteiger partial charge in [-0.25, -0.2) is 4.98 Å². The first-order valence-corrected chi connectivity index (χ1v) is 9.23. The van der Waals surface area contributed by atoms with E-state index in [9.17, 15) is 4.79 Å². The molecule has 3 aromatic rings. The summed E-state index contributed by atoms with van der Waals surface area (Å²) < 4.78 is 5.64. The van der Waals surface area contributed by atoms with E-state index in [0.29, 0.717) is 12.2 Å². The molecule has 0 saturated carbocycles. The Kier molecular flexibility index (Phi) is 4.97. The highest BCUT2D eigenvalue weighted by Gasteiger charge is 2.25. The zero-order valence-corrected chi connectivity index (χ0v) is 14.7. The number of likely N-dealkylation sites (tertiary alicyclic amines) is 1. The topological polar surface area (TPSA) is 58.4 Å². The highest BCUT2D eigenvalue weighted by atomic mass is 16.3. The molecule has 26 heavy (non-hydrogen) atoms. The van der Waals surface area contributed by atoms with Gasteiger partial charge in [-0.15, -0.1) is 0 Å². The van der Waals surface area contributed by atoms with Crippen LogP contribution in [-0.4, -0.2) is 35.4 Å². The lowest BCUT2D eigenvalue weighted by molar-refractivity contribution is 0.0909. The largest absolute Gasteiger partial charge is 0.468 e. The minimum Gasteiger partial charge on any atom is -0.468 e. The van der Waals surface area contributed by atoms with Crippen LogP contribution in [0.1, 0.15) is 41.6 Å². The number of carbonyl (C=O) groups is 1. The second-order valence-corrected chi connectivity index (χ2v) is 6.73. The van der Waals surface area contributed by atoms with Gasteiger partial charge in [0, 0.05) is 11.9 Å². The normalized spacial score (nSPS) is 16.5. The lowest BCUT2D eigenvalue weighted by Gasteiger charge is -2.33. The number of pyridine rings is 1. The van der Waals surface area contributed by atoms with Crippen molar-refractivity contribution in [2.24, 2.45) is 0 Å². The van der Waals surface area contributed by atoms with Crippen molar-refractivity contribution in [1.29, 1.82) is 0 Å². The molecule has 1 aliphatic rings. The number of fused-ring (bicyclic) bond motifs is 1. The van der Waals surface area contributed by atoms with Crippen LogP contribution >= 0.6 is 0 Å². The maximum atomic E-state index is 12.6. The van der Waals surface area contributed by atoms with Crippen LogP contribution in [0.5, 0.6) is 0 Å². The molecule has 0 aliphatic carbocycles. The maximum Gasteiger partial charge on any atom is 0.269 e. The van der Waals surface area contributed by atoms with Crippen LogP contribution in [0.4, 0.5) is 0 Å². The van der Waals surface area contributed by atoms with Gasteiger partial charge in [0.05, 0.1) is 17.8 Å². The first-order chi connectivity index (χ1) is 12.8. The van der Waals surface area contributed by atoms with Crippen LogP contribution in [0.25, 0.3) is 10.9 Å². The van der Waals surface area contributed by atoms with E-state index in [1.807, 2.05) is 42.5 Å². The number of hydrogen-bond acceptors (Lipinski definition) is 4. The molecule has 1 N–H and O–H groups in total. The summed E-state index contributed by atoms with van der Waals surface area (Å²) in [6.45, 7) is 2.59. The quantitative estimate of drug-likeness (QED) is 0.761. The molecule has 0 unspecified atom stereocenters. The van der Waals surface area contributed by atoms with Gasteiger partial charge in [-0.3, -0.25) is 9.69 Å². The van der Waals surface area contributed by atoms with E-state index in [1.54, 1.807) is 12.3 Å². The molecule has 1 atom stereocenters. The number of carbonyl (C=O) groups excluding carboxylic acids is 1. The van der Waals surface area contributed by atoms with Crippen LogP contribution in [0, 0.1) is 0 Å². The fourth-order valence-electron chi connectivity index (χ4n) is 3.59. The first kappa shape index (κ1) is 16.8. The Morgan fingerprint density at radius 1 is 1.08 bits per heavy atom. The van der Waals surface area contributed by atoms with Crippen molar-refractivity contribution in [1.82, 2.24) is 15.2 Å². The molecule has 0 spiro atoms. The van der Waals surface area contributed by atoms with Crippen LogP contribution in [-0.2, 0) is 0 Å².